The number of methoxy groups -OCH3 is 1. The van der Waals surface area contributed by atoms with E-state index in [9.17, 15) is 4.79 Å². The highest BCUT2D eigenvalue weighted by Gasteiger charge is 2.03. The molecule has 19 heavy (non-hydrogen) atoms. The van der Waals surface area contributed by atoms with E-state index in [1.54, 1.807) is 43.8 Å². The molecule has 0 saturated carbocycles. The average Bonchev–Trinajstić information content (AvgIpc) is 2.96. The van der Waals surface area contributed by atoms with Crippen LogP contribution in [-0.2, 0) is 11.3 Å². The van der Waals surface area contributed by atoms with Gasteiger partial charge in [0.25, 0.3) is 5.91 Å². The van der Waals surface area contributed by atoms with Gasteiger partial charge in [0.1, 0.15) is 17.3 Å². The number of rotatable bonds is 6. The van der Waals surface area contributed by atoms with Crippen LogP contribution in [-0.4, -0.2) is 29.6 Å². The van der Waals surface area contributed by atoms with Crippen molar-refractivity contribution in [3.63, 3.8) is 0 Å². The van der Waals surface area contributed by atoms with Crippen molar-refractivity contribution in [1.29, 1.82) is 0 Å². The smallest absolute Gasteiger partial charge is 0.258 e. The molecule has 1 aromatic heterocycles. The topological polar surface area (TPSA) is 76.2 Å². The van der Waals surface area contributed by atoms with Crippen LogP contribution in [0.2, 0.25) is 0 Å². The third-order valence-corrected chi connectivity index (χ3v) is 2.44. The molecule has 1 heterocycles. The Morgan fingerprint density at radius 1 is 1.32 bits per heavy atom. The van der Waals surface area contributed by atoms with Crippen LogP contribution < -0.4 is 14.8 Å². The van der Waals surface area contributed by atoms with Crippen LogP contribution in [0.3, 0.4) is 0 Å². The largest absolute Gasteiger partial charge is 0.497 e. The monoisotopic (exact) mass is 261 g/mol. The minimum atomic E-state index is -0.202. The fourth-order valence-corrected chi connectivity index (χ4v) is 1.45. The lowest BCUT2D eigenvalue weighted by Gasteiger charge is -2.07. The second kappa shape index (κ2) is 6.44. The molecule has 0 fully saturated rings. The highest BCUT2D eigenvalue weighted by atomic mass is 16.5. The van der Waals surface area contributed by atoms with Crippen LogP contribution in [0.1, 0.15) is 5.82 Å². The van der Waals surface area contributed by atoms with E-state index in [1.165, 1.54) is 0 Å². The number of benzene rings is 1. The van der Waals surface area contributed by atoms with Crippen molar-refractivity contribution in [2.24, 2.45) is 0 Å². The first-order chi connectivity index (χ1) is 9.28. The summed E-state index contributed by atoms with van der Waals surface area (Å²) in [6.45, 7) is 0.324. The van der Waals surface area contributed by atoms with Crippen molar-refractivity contribution in [2.75, 3.05) is 13.7 Å². The number of aromatic amines is 1. The maximum Gasteiger partial charge on any atom is 0.258 e. The van der Waals surface area contributed by atoms with Crippen molar-refractivity contribution < 1.29 is 14.3 Å². The quantitative estimate of drug-likeness (QED) is 0.816. The van der Waals surface area contributed by atoms with Gasteiger partial charge >= 0.3 is 0 Å². The van der Waals surface area contributed by atoms with Gasteiger partial charge in [-0.25, -0.2) is 4.98 Å². The predicted octanol–water partition coefficient (Wildman–Crippen LogP) is 1.11. The van der Waals surface area contributed by atoms with Gasteiger partial charge in [-0.15, -0.1) is 0 Å². The lowest BCUT2D eigenvalue weighted by Crippen LogP contribution is -2.28. The zero-order valence-corrected chi connectivity index (χ0v) is 10.6. The van der Waals surface area contributed by atoms with Crippen LogP contribution in [0.5, 0.6) is 11.5 Å². The molecule has 0 aliphatic carbocycles. The molecule has 0 unspecified atom stereocenters. The number of aromatic nitrogens is 2. The van der Waals surface area contributed by atoms with E-state index in [2.05, 4.69) is 15.3 Å². The van der Waals surface area contributed by atoms with Crippen molar-refractivity contribution in [1.82, 2.24) is 15.3 Å². The number of imidazole rings is 1. The van der Waals surface area contributed by atoms with Crippen LogP contribution in [0.4, 0.5) is 0 Å². The summed E-state index contributed by atoms with van der Waals surface area (Å²) in [5.41, 5.74) is 0. The van der Waals surface area contributed by atoms with Crippen LogP contribution in [0.25, 0.3) is 0 Å². The van der Waals surface area contributed by atoms with E-state index in [0.29, 0.717) is 18.1 Å². The van der Waals surface area contributed by atoms with Crippen molar-refractivity contribution in [3.8, 4) is 11.5 Å². The Morgan fingerprint density at radius 2 is 2.05 bits per heavy atom. The van der Waals surface area contributed by atoms with Crippen molar-refractivity contribution in [3.05, 3.63) is 42.5 Å². The number of carbonyl (C=O) groups excluding carboxylic acids is 1. The van der Waals surface area contributed by atoms with E-state index in [1.807, 2.05) is 0 Å². The molecular formula is C13H15N3O3. The van der Waals surface area contributed by atoms with E-state index in [4.69, 9.17) is 9.47 Å². The molecule has 6 heteroatoms. The Balaban J connectivity index is 1.73. The fraction of sp³-hybridized carbons (Fsp3) is 0.231. The van der Waals surface area contributed by atoms with Crippen LogP contribution in [0, 0.1) is 0 Å². The average molecular weight is 261 g/mol. The Morgan fingerprint density at radius 3 is 2.68 bits per heavy atom. The van der Waals surface area contributed by atoms with Crippen molar-refractivity contribution >= 4 is 5.91 Å². The molecule has 0 atom stereocenters. The molecule has 0 saturated heterocycles. The van der Waals surface area contributed by atoms with Gasteiger partial charge in [-0.2, -0.15) is 0 Å². The number of hydrogen-bond acceptors (Lipinski definition) is 4. The minimum Gasteiger partial charge on any atom is -0.497 e. The molecular weight excluding hydrogens is 246 g/mol. The lowest BCUT2D eigenvalue weighted by molar-refractivity contribution is -0.123. The fourth-order valence-electron chi connectivity index (χ4n) is 1.45. The third kappa shape index (κ3) is 4.02. The highest BCUT2D eigenvalue weighted by Crippen LogP contribution is 2.16. The van der Waals surface area contributed by atoms with Gasteiger partial charge < -0.3 is 19.8 Å². The zero-order chi connectivity index (χ0) is 13.5. The molecule has 0 aliphatic heterocycles. The van der Waals surface area contributed by atoms with E-state index in [-0.39, 0.29) is 12.5 Å². The predicted molar refractivity (Wildman–Crippen MR) is 68.9 cm³/mol. The molecule has 0 radical (unpaired) electrons. The summed E-state index contributed by atoms with van der Waals surface area (Å²) in [6, 6.07) is 7.05. The number of ether oxygens (including phenoxy) is 2. The molecule has 0 aliphatic rings. The van der Waals surface area contributed by atoms with Crippen LogP contribution >= 0.6 is 0 Å². The molecule has 0 spiro atoms. The van der Waals surface area contributed by atoms with Crippen molar-refractivity contribution in [2.45, 2.75) is 6.54 Å². The summed E-state index contributed by atoms with van der Waals surface area (Å²) >= 11 is 0. The van der Waals surface area contributed by atoms with Gasteiger partial charge in [-0.1, -0.05) is 0 Å². The number of nitrogens with one attached hydrogen (secondary N) is 2. The second-order valence-corrected chi connectivity index (χ2v) is 3.78. The maximum atomic E-state index is 11.5. The summed E-state index contributed by atoms with van der Waals surface area (Å²) in [4.78, 5) is 18.4. The molecule has 1 aromatic carbocycles. The standard InChI is InChI=1S/C13H15N3O3/c1-18-10-2-4-11(5-3-10)19-9-13(17)16-8-12-14-6-7-15-12/h2-7H,8-9H2,1H3,(H,14,15)(H,16,17). The molecule has 6 nitrogen and oxygen atoms in total. The molecule has 2 aromatic rings. The minimum absolute atomic E-state index is 0.0347. The van der Waals surface area contributed by atoms with E-state index in [0.717, 1.165) is 5.75 Å². The van der Waals surface area contributed by atoms with Gasteiger partial charge in [0.15, 0.2) is 6.61 Å². The van der Waals surface area contributed by atoms with Gasteiger partial charge in [-0.3, -0.25) is 4.79 Å². The molecule has 2 N–H and O–H groups in total. The number of hydrogen-bond donors (Lipinski definition) is 2. The van der Waals surface area contributed by atoms with E-state index < -0.39 is 0 Å². The summed E-state index contributed by atoms with van der Waals surface area (Å²) in [5.74, 6) is 1.87. The molecule has 2 rings (SSSR count). The normalized spacial score (nSPS) is 9.95. The number of nitrogens with zero attached hydrogens (tertiary/aromatic N) is 1. The first kappa shape index (κ1) is 12.9. The Labute approximate surface area is 110 Å². The number of H-pyrrole nitrogens is 1. The summed E-state index contributed by atoms with van der Waals surface area (Å²) in [6.07, 6.45) is 3.34. The lowest BCUT2D eigenvalue weighted by atomic mass is 10.3. The Kier molecular flexibility index (Phi) is 4.39. The summed E-state index contributed by atoms with van der Waals surface area (Å²) < 4.78 is 10.4. The number of amides is 1. The first-order valence-corrected chi connectivity index (χ1v) is 5.80. The Hall–Kier alpha value is -2.50. The first-order valence-electron chi connectivity index (χ1n) is 5.80. The maximum absolute atomic E-state index is 11.5. The summed E-state index contributed by atoms with van der Waals surface area (Å²) in [7, 11) is 1.60. The number of carbonyl (C=O) groups is 1. The van der Waals surface area contributed by atoms with Gasteiger partial charge in [-0.05, 0) is 24.3 Å². The summed E-state index contributed by atoms with van der Waals surface area (Å²) in [5, 5.41) is 2.70. The van der Waals surface area contributed by atoms with Gasteiger partial charge in [0.2, 0.25) is 0 Å². The van der Waals surface area contributed by atoms with Gasteiger partial charge in [0, 0.05) is 12.4 Å². The molecule has 100 valence electrons. The highest BCUT2D eigenvalue weighted by molar-refractivity contribution is 5.77. The molecule has 1 amide bonds. The Bertz CT molecular complexity index is 508. The second-order valence-electron chi connectivity index (χ2n) is 3.78. The molecule has 0 bridgehead atoms. The SMILES string of the molecule is COc1ccc(OCC(=O)NCc2ncc[nH]2)cc1. The van der Waals surface area contributed by atoms with Crippen LogP contribution in [0.15, 0.2) is 36.7 Å². The van der Waals surface area contributed by atoms with E-state index >= 15 is 0 Å². The third-order valence-electron chi connectivity index (χ3n) is 2.44. The van der Waals surface area contributed by atoms with Gasteiger partial charge in [0.05, 0.1) is 13.7 Å². The zero-order valence-electron chi connectivity index (χ0n) is 10.6.